The number of carbonyl (C=O) groups excluding carboxylic acids is 3. The third kappa shape index (κ3) is 34.1. The summed E-state index contributed by atoms with van der Waals surface area (Å²) in [4.78, 5) is 47.9. The molecule has 0 amide bonds. The number of phosphoric acid groups is 1. The van der Waals surface area contributed by atoms with E-state index in [0.29, 0.717) is 32.1 Å². The number of hydrogen-bond donors (Lipinski definition) is 5. The molecule has 0 aromatic rings. The van der Waals surface area contributed by atoms with Crippen LogP contribution in [0.5, 0.6) is 0 Å². The molecule has 2 unspecified atom stereocenters. The van der Waals surface area contributed by atoms with Crippen LogP contribution in [-0.2, 0) is 37.5 Å². The number of hydrogen-bond acceptors (Lipinski definition) is 12. The molecule has 8 atom stereocenters. The number of ketones is 1. The zero-order chi connectivity index (χ0) is 48.0. The van der Waals surface area contributed by atoms with Crippen molar-refractivity contribution in [1.82, 2.24) is 0 Å². The van der Waals surface area contributed by atoms with E-state index in [-0.39, 0.29) is 31.0 Å². The Balaban J connectivity index is 2.34. The second-order valence-corrected chi connectivity index (χ2v) is 20.0. The third-order valence-corrected chi connectivity index (χ3v) is 13.5. The first-order valence-electron chi connectivity index (χ1n) is 25.8. The molecule has 0 radical (unpaired) electrons. The van der Waals surface area contributed by atoms with Gasteiger partial charge in [-0.2, -0.15) is 0 Å². The average molecular weight is 945 g/mol. The van der Waals surface area contributed by atoms with Gasteiger partial charge in [0, 0.05) is 31.1 Å². The summed E-state index contributed by atoms with van der Waals surface area (Å²) < 4.78 is 32.8. The molecule has 0 aromatic heterocycles. The van der Waals surface area contributed by atoms with Crippen LogP contribution in [0.3, 0.4) is 0 Å². The van der Waals surface area contributed by atoms with Crippen LogP contribution in [0.4, 0.5) is 0 Å². The summed E-state index contributed by atoms with van der Waals surface area (Å²) in [6, 6.07) is 0. The maximum absolute atomic E-state index is 12.8. The summed E-state index contributed by atoms with van der Waals surface area (Å²) in [6.45, 7) is 4.38. The molecule has 0 heterocycles. The first-order valence-corrected chi connectivity index (χ1v) is 27.3. The fourth-order valence-electron chi connectivity index (χ4n) is 8.07. The molecule has 1 aliphatic carbocycles. The molecule has 1 rings (SSSR count). The summed E-state index contributed by atoms with van der Waals surface area (Å²) in [7, 11) is -4.70. The lowest BCUT2D eigenvalue weighted by Crippen LogP contribution is -2.29. The van der Waals surface area contributed by atoms with Crippen LogP contribution in [0.2, 0.25) is 0 Å². The zero-order valence-corrected chi connectivity index (χ0v) is 41.7. The van der Waals surface area contributed by atoms with Gasteiger partial charge in [0.15, 0.2) is 6.10 Å². The number of ether oxygens (including phenoxy) is 2. The number of unbranched alkanes of at least 4 members (excludes halogenated alkanes) is 20. The minimum atomic E-state index is -4.70. The molecular formula is C51H93O13P. The van der Waals surface area contributed by atoms with Gasteiger partial charge in [-0.3, -0.25) is 23.4 Å². The van der Waals surface area contributed by atoms with E-state index in [9.17, 15) is 39.2 Å². The fraction of sp³-hybridized carbons (Fsp3) is 0.863. The highest BCUT2D eigenvalue weighted by atomic mass is 31.2. The molecule has 0 saturated heterocycles. The van der Waals surface area contributed by atoms with E-state index in [1.807, 2.05) is 12.2 Å². The molecule has 1 aliphatic rings. The molecule has 0 bridgehead atoms. The molecule has 1 saturated carbocycles. The summed E-state index contributed by atoms with van der Waals surface area (Å²) in [5.41, 5.74) is 0. The van der Waals surface area contributed by atoms with Crippen molar-refractivity contribution in [2.24, 2.45) is 17.8 Å². The van der Waals surface area contributed by atoms with Gasteiger partial charge in [0.05, 0.1) is 32.0 Å². The second-order valence-electron chi connectivity index (χ2n) is 18.6. The maximum atomic E-state index is 12.8. The van der Waals surface area contributed by atoms with Crippen molar-refractivity contribution >= 4 is 25.5 Å². The van der Waals surface area contributed by atoms with E-state index in [1.54, 1.807) is 12.2 Å². The minimum absolute atomic E-state index is 0.00432. The molecule has 13 nitrogen and oxygen atoms in total. The van der Waals surface area contributed by atoms with Gasteiger partial charge in [-0.25, -0.2) is 4.57 Å². The number of aliphatic hydroxyl groups is 4. The van der Waals surface area contributed by atoms with Crippen LogP contribution < -0.4 is 0 Å². The van der Waals surface area contributed by atoms with Gasteiger partial charge in [0.1, 0.15) is 18.5 Å². The standard InChI is InChI=1S/C51H93O13P/c1-4-6-25-31-43(53)35-36-47-46(48(55)37-49(47)56)32-27-23-24-29-34-51(58)64-45(41-63-65(59,60)62-39-44(54)38-52)40-61-50(57)33-28-22-20-18-16-14-12-10-8-7-9-11-13-15-17-19-21-26-30-42(3)5-2/h23,27,35-36,42-48,52-55H,4-22,24-26,28-34,37-41H2,1-3H3,(H,59,60)/b27-23-,36-35+/t42?,43-,44-,45+,46+,47+,48-/m0/s1. The lowest BCUT2D eigenvalue weighted by Gasteiger charge is -2.20. The number of aliphatic hydroxyl groups excluding tert-OH is 4. The zero-order valence-electron chi connectivity index (χ0n) is 40.8. The molecule has 0 aliphatic heterocycles. The van der Waals surface area contributed by atoms with Crippen LogP contribution in [0.1, 0.15) is 213 Å². The predicted molar refractivity (Wildman–Crippen MR) is 257 cm³/mol. The number of rotatable bonds is 44. The summed E-state index contributed by atoms with van der Waals surface area (Å²) in [6.07, 6.45) is 33.6. The van der Waals surface area contributed by atoms with Gasteiger partial charge < -0.3 is 34.8 Å². The van der Waals surface area contributed by atoms with E-state index in [1.165, 1.54) is 103 Å². The molecule has 65 heavy (non-hydrogen) atoms. The lowest BCUT2D eigenvalue weighted by molar-refractivity contribution is -0.161. The number of carbonyl (C=O) groups is 3. The van der Waals surface area contributed by atoms with E-state index in [2.05, 4.69) is 20.8 Å². The number of phosphoric ester groups is 1. The quantitative estimate of drug-likeness (QED) is 0.0167. The van der Waals surface area contributed by atoms with Crippen molar-refractivity contribution in [3.8, 4) is 0 Å². The molecule has 0 aromatic carbocycles. The first kappa shape index (κ1) is 61.1. The predicted octanol–water partition coefficient (Wildman–Crippen LogP) is 11.0. The number of Topliss-reactive ketones (excluding diaryl/α,β-unsaturated/α-hetero) is 1. The van der Waals surface area contributed by atoms with Crippen molar-refractivity contribution in [2.45, 2.75) is 238 Å². The van der Waals surface area contributed by atoms with Gasteiger partial charge in [0.2, 0.25) is 0 Å². The highest BCUT2D eigenvalue weighted by molar-refractivity contribution is 7.47. The molecule has 0 spiro atoms. The van der Waals surface area contributed by atoms with E-state index >= 15 is 0 Å². The molecule has 1 fully saturated rings. The van der Waals surface area contributed by atoms with Crippen LogP contribution >= 0.6 is 7.82 Å². The maximum Gasteiger partial charge on any atom is 0.472 e. The second kappa shape index (κ2) is 40.0. The van der Waals surface area contributed by atoms with E-state index in [0.717, 1.165) is 44.4 Å². The Labute approximate surface area is 393 Å². The van der Waals surface area contributed by atoms with E-state index < -0.39 is 76.5 Å². The van der Waals surface area contributed by atoms with Crippen molar-refractivity contribution < 1.29 is 62.8 Å². The van der Waals surface area contributed by atoms with Gasteiger partial charge in [-0.15, -0.1) is 0 Å². The normalized spacial score (nSPS) is 19.4. The Hall–Kier alpha value is -1.96. The number of allylic oxidation sites excluding steroid dienone is 3. The Morgan fingerprint density at radius 3 is 1.83 bits per heavy atom. The Bertz CT molecular complexity index is 1310. The molecule has 14 heteroatoms. The van der Waals surface area contributed by atoms with Crippen molar-refractivity contribution in [3.63, 3.8) is 0 Å². The minimum Gasteiger partial charge on any atom is -0.462 e. The number of esters is 2. The smallest absolute Gasteiger partial charge is 0.462 e. The molecule has 380 valence electrons. The molecule has 5 N–H and O–H groups in total. The van der Waals surface area contributed by atoms with E-state index in [4.69, 9.17) is 23.6 Å². The van der Waals surface area contributed by atoms with Gasteiger partial charge in [-0.1, -0.05) is 186 Å². The summed E-state index contributed by atoms with van der Waals surface area (Å²) >= 11 is 0. The average Bonchev–Trinajstić information content (AvgIpc) is 3.56. The fourth-order valence-corrected chi connectivity index (χ4v) is 8.86. The topological polar surface area (TPSA) is 206 Å². The van der Waals surface area contributed by atoms with Crippen LogP contribution in [-0.4, -0.2) is 93.9 Å². The largest absolute Gasteiger partial charge is 0.472 e. The van der Waals surface area contributed by atoms with Gasteiger partial charge >= 0.3 is 19.8 Å². The Morgan fingerprint density at radius 1 is 0.723 bits per heavy atom. The first-order chi connectivity index (χ1) is 31.3. The highest BCUT2D eigenvalue weighted by Gasteiger charge is 2.39. The van der Waals surface area contributed by atoms with Crippen LogP contribution in [0.15, 0.2) is 24.3 Å². The van der Waals surface area contributed by atoms with Crippen LogP contribution in [0.25, 0.3) is 0 Å². The third-order valence-electron chi connectivity index (χ3n) is 12.5. The van der Waals surface area contributed by atoms with Crippen molar-refractivity contribution in [2.75, 3.05) is 26.4 Å². The van der Waals surface area contributed by atoms with Crippen molar-refractivity contribution in [3.05, 3.63) is 24.3 Å². The monoisotopic (exact) mass is 945 g/mol. The summed E-state index contributed by atoms with van der Waals surface area (Å²) in [5, 5.41) is 39.2. The van der Waals surface area contributed by atoms with Gasteiger partial charge in [0.25, 0.3) is 0 Å². The molecular weight excluding hydrogens is 852 g/mol. The SMILES string of the molecule is CCCCC[C@H](O)/C=C/[C@H]1C(=O)C[C@H](O)[C@@H]1C/C=C\CCCC(=O)O[C@H](COC(=O)CCCCCCCCCCCCCCCCCCCCC(C)CC)COP(=O)(O)OC[C@@H](O)CO. The highest BCUT2D eigenvalue weighted by Crippen LogP contribution is 2.43. The van der Waals surface area contributed by atoms with Crippen molar-refractivity contribution in [1.29, 1.82) is 0 Å². The Morgan fingerprint density at radius 2 is 1.26 bits per heavy atom. The Kier molecular flexibility index (Phi) is 37.6. The van der Waals surface area contributed by atoms with Gasteiger partial charge in [-0.05, 0) is 38.0 Å². The van der Waals surface area contributed by atoms with Crippen LogP contribution in [0, 0.1) is 17.8 Å². The lowest BCUT2D eigenvalue weighted by atomic mass is 9.90. The summed E-state index contributed by atoms with van der Waals surface area (Å²) in [5.74, 6) is -1.04.